The molecule has 0 fully saturated rings. The zero-order chi connectivity index (χ0) is 17.1. The van der Waals surface area contributed by atoms with Gasteiger partial charge in [0, 0.05) is 24.3 Å². The molecule has 0 bridgehead atoms. The van der Waals surface area contributed by atoms with Crippen molar-refractivity contribution in [2.45, 2.75) is 38.6 Å². The molecule has 4 N–H and O–H groups in total. The van der Waals surface area contributed by atoms with Crippen LogP contribution in [0.2, 0.25) is 0 Å². The van der Waals surface area contributed by atoms with Crippen molar-refractivity contribution < 1.29 is 14.7 Å². The van der Waals surface area contributed by atoms with Crippen LogP contribution in [0.3, 0.4) is 0 Å². The Morgan fingerprint density at radius 1 is 1.13 bits per heavy atom. The Bertz CT molecular complexity index is 488. The first kappa shape index (κ1) is 19.0. The van der Waals surface area contributed by atoms with E-state index in [0.29, 0.717) is 18.5 Å². The van der Waals surface area contributed by atoms with Crippen molar-refractivity contribution in [3.63, 3.8) is 0 Å². The van der Waals surface area contributed by atoms with Gasteiger partial charge in [-0.25, -0.2) is 0 Å². The number of unbranched alkanes of at least 4 members (excludes halogenated alkanes) is 1. The summed E-state index contributed by atoms with van der Waals surface area (Å²) in [6.07, 6.45) is 3.11. The molecule has 0 radical (unpaired) electrons. The zero-order valence-electron chi connectivity index (χ0n) is 13.9. The minimum absolute atomic E-state index is 0.101. The zero-order valence-corrected chi connectivity index (χ0v) is 13.9. The number of carboxylic acids is 1. The van der Waals surface area contributed by atoms with Crippen LogP contribution in [-0.4, -0.2) is 43.2 Å². The Hall–Kier alpha value is -2.08. The van der Waals surface area contributed by atoms with Crippen molar-refractivity contribution in [3.05, 3.63) is 29.8 Å². The van der Waals surface area contributed by atoms with Crippen LogP contribution in [0.25, 0.3) is 0 Å². The molecule has 1 rings (SSSR count). The number of aliphatic carboxylic acids is 1. The fourth-order valence-corrected chi connectivity index (χ4v) is 2.18. The molecule has 0 aromatic heterocycles. The highest BCUT2D eigenvalue weighted by atomic mass is 16.4. The number of carbonyl (C=O) groups excluding carboxylic acids is 1. The maximum atomic E-state index is 12.0. The van der Waals surface area contributed by atoms with Crippen LogP contribution < -0.4 is 16.0 Å². The summed E-state index contributed by atoms with van der Waals surface area (Å²) in [6, 6.07) is 6.88. The normalized spacial score (nSPS) is 11.7. The molecule has 0 saturated carbocycles. The van der Waals surface area contributed by atoms with E-state index in [9.17, 15) is 9.59 Å². The number of nitrogens with one attached hydrogen (secondary N) is 3. The largest absolute Gasteiger partial charge is 0.480 e. The standard InChI is InChI=1S/C17H27N3O3/c1-3-11-19-14-9-7-13(8-10-14)16(21)20-12-5-4-6-15(18-2)17(22)23/h7-10,15,18-19H,3-6,11-12H2,1-2H3,(H,20,21)(H,22,23)/t15-/m0/s1. The third kappa shape index (κ3) is 7.15. The van der Waals surface area contributed by atoms with Crippen molar-refractivity contribution in [1.29, 1.82) is 0 Å². The topological polar surface area (TPSA) is 90.5 Å². The molecule has 6 heteroatoms. The summed E-state index contributed by atoms with van der Waals surface area (Å²) in [7, 11) is 1.64. The van der Waals surface area contributed by atoms with Gasteiger partial charge in [0.05, 0.1) is 0 Å². The van der Waals surface area contributed by atoms with E-state index in [1.54, 1.807) is 19.2 Å². The van der Waals surface area contributed by atoms with E-state index in [1.807, 2.05) is 12.1 Å². The number of carboxylic acid groups (broad SMARTS) is 1. The molecular formula is C17H27N3O3. The van der Waals surface area contributed by atoms with Crippen LogP contribution in [0, 0.1) is 0 Å². The molecule has 0 spiro atoms. The van der Waals surface area contributed by atoms with Crippen molar-refractivity contribution in [2.24, 2.45) is 0 Å². The molecule has 23 heavy (non-hydrogen) atoms. The van der Waals surface area contributed by atoms with Gasteiger partial charge in [-0.2, -0.15) is 0 Å². The van der Waals surface area contributed by atoms with Gasteiger partial charge in [0.15, 0.2) is 0 Å². The summed E-state index contributed by atoms with van der Waals surface area (Å²) in [5.41, 5.74) is 1.64. The Balaban J connectivity index is 2.27. The summed E-state index contributed by atoms with van der Waals surface area (Å²) in [6.45, 7) is 3.56. The summed E-state index contributed by atoms with van der Waals surface area (Å²) in [5, 5.41) is 17.8. The number of likely N-dealkylation sites (N-methyl/N-ethyl adjacent to an activating group) is 1. The Kier molecular flexibility index (Phi) is 8.75. The third-order valence-corrected chi connectivity index (χ3v) is 3.58. The molecule has 0 aliphatic rings. The Labute approximate surface area is 137 Å². The maximum absolute atomic E-state index is 12.0. The van der Waals surface area contributed by atoms with E-state index < -0.39 is 12.0 Å². The van der Waals surface area contributed by atoms with Crippen LogP contribution in [0.1, 0.15) is 43.0 Å². The highest BCUT2D eigenvalue weighted by Crippen LogP contribution is 2.09. The van der Waals surface area contributed by atoms with Crippen LogP contribution in [-0.2, 0) is 4.79 Å². The molecule has 128 valence electrons. The van der Waals surface area contributed by atoms with Crippen molar-refractivity contribution >= 4 is 17.6 Å². The van der Waals surface area contributed by atoms with E-state index in [0.717, 1.165) is 31.5 Å². The van der Waals surface area contributed by atoms with Gasteiger partial charge in [-0.3, -0.25) is 9.59 Å². The van der Waals surface area contributed by atoms with Gasteiger partial charge >= 0.3 is 5.97 Å². The average Bonchev–Trinajstić information content (AvgIpc) is 2.56. The Morgan fingerprint density at radius 3 is 2.39 bits per heavy atom. The second kappa shape index (κ2) is 10.6. The summed E-state index contributed by atoms with van der Waals surface area (Å²) >= 11 is 0. The van der Waals surface area contributed by atoms with Crippen molar-refractivity contribution in [3.8, 4) is 0 Å². The van der Waals surface area contributed by atoms with Gasteiger partial charge in [-0.1, -0.05) is 6.92 Å². The van der Waals surface area contributed by atoms with Crippen molar-refractivity contribution in [1.82, 2.24) is 10.6 Å². The molecule has 0 heterocycles. The molecule has 6 nitrogen and oxygen atoms in total. The number of rotatable bonds is 11. The van der Waals surface area contributed by atoms with Gasteiger partial charge in [0.2, 0.25) is 0 Å². The quantitative estimate of drug-likeness (QED) is 0.469. The smallest absolute Gasteiger partial charge is 0.320 e. The lowest BCUT2D eigenvalue weighted by Crippen LogP contribution is -2.33. The van der Waals surface area contributed by atoms with Gasteiger partial charge in [0.25, 0.3) is 5.91 Å². The molecule has 1 aromatic rings. The number of carbonyl (C=O) groups is 2. The number of hydrogen-bond acceptors (Lipinski definition) is 4. The summed E-state index contributed by atoms with van der Waals surface area (Å²) < 4.78 is 0. The minimum atomic E-state index is -0.840. The molecule has 0 unspecified atom stereocenters. The molecular weight excluding hydrogens is 294 g/mol. The molecule has 0 aliphatic carbocycles. The van der Waals surface area contributed by atoms with Gasteiger partial charge in [0.1, 0.15) is 6.04 Å². The van der Waals surface area contributed by atoms with Gasteiger partial charge in [-0.05, 0) is 57.0 Å². The van der Waals surface area contributed by atoms with E-state index in [1.165, 1.54) is 0 Å². The molecule has 1 aromatic carbocycles. The van der Waals surface area contributed by atoms with Crippen LogP contribution in [0.5, 0.6) is 0 Å². The van der Waals surface area contributed by atoms with Gasteiger partial charge < -0.3 is 21.1 Å². The van der Waals surface area contributed by atoms with Crippen molar-refractivity contribution in [2.75, 3.05) is 25.5 Å². The van der Waals surface area contributed by atoms with Crippen LogP contribution in [0.4, 0.5) is 5.69 Å². The maximum Gasteiger partial charge on any atom is 0.320 e. The van der Waals surface area contributed by atoms with E-state index in [2.05, 4.69) is 22.9 Å². The fourth-order valence-electron chi connectivity index (χ4n) is 2.18. The fraction of sp³-hybridized carbons (Fsp3) is 0.529. The number of anilines is 1. The second-order valence-corrected chi connectivity index (χ2v) is 5.44. The number of hydrogen-bond donors (Lipinski definition) is 4. The predicted molar refractivity (Wildman–Crippen MR) is 91.9 cm³/mol. The first-order valence-electron chi connectivity index (χ1n) is 8.10. The predicted octanol–water partition coefficient (Wildman–Crippen LogP) is 2.08. The first-order chi connectivity index (χ1) is 11.1. The molecule has 1 amide bonds. The third-order valence-electron chi connectivity index (χ3n) is 3.58. The number of amides is 1. The summed E-state index contributed by atoms with van der Waals surface area (Å²) in [4.78, 5) is 22.8. The highest BCUT2D eigenvalue weighted by Gasteiger charge is 2.13. The first-order valence-corrected chi connectivity index (χ1v) is 8.10. The average molecular weight is 321 g/mol. The monoisotopic (exact) mass is 321 g/mol. The second-order valence-electron chi connectivity index (χ2n) is 5.44. The SMILES string of the molecule is CCCNc1ccc(C(=O)NCCCC[C@H](NC)C(=O)O)cc1. The highest BCUT2D eigenvalue weighted by molar-refractivity contribution is 5.94. The van der Waals surface area contributed by atoms with Gasteiger partial charge in [-0.15, -0.1) is 0 Å². The minimum Gasteiger partial charge on any atom is -0.480 e. The van der Waals surface area contributed by atoms with Crippen LogP contribution >= 0.6 is 0 Å². The molecule has 1 atom stereocenters. The lowest BCUT2D eigenvalue weighted by Gasteiger charge is -2.11. The molecule has 0 aliphatic heterocycles. The lowest BCUT2D eigenvalue weighted by molar-refractivity contribution is -0.139. The van der Waals surface area contributed by atoms with E-state index in [4.69, 9.17) is 5.11 Å². The summed E-state index contributed by atoms with van der Waals surface area (Å²) in [5.74, 6) is -0.941. The van der Waals surface area contributed by atoms with E-state index in [-0.39, 0.29) is 5.91 Å². The van der Waals surface area contributed by atoms with Crippen LogP contribution in [0.15, 0.2) is 24.3 Å². The Morgan fingerprint density at radius 2 is 1.83 bits per heavy atom. The molecule has 0 saturated heterocycles. The number of benzene rings is 1. The lowest BCUT2D eigenvalue weighted by atomic mass is 10.1. The van der Waals surface area contributed by atoms with E-state index >= 15 is 0 Å².